The molecule has 116 valence electrons. The van der Waals surface area contributed by atoms with Gasteiger partial charge in [0.2, 0.25) is 0 Å². The second kappa shape index (κ2) is 8.39. The Bertz CT molecular complexity index is 468. The van der Waals surface area contributed by atoms with Crippen LogP contribution >= 0.6 is 0 Å². The zero-order chi connectivity index (χ0) is 15.8. The highest BCUT2D eigenvalue weighted by Gasteiger charge is 2.25. The number of carbonyl (C=O) groups excluding carboxylic acids is 2. The lowest BCUT2D eigenvalue weighted by Crippen LogP contribution is -2.27. The van der Waals surface area contributed by atoms with Crippen LogP contribution in [-0.4, -0.2) is 24.5 Å². The van der Waals surface area contributed by atoms with E-state index in [0.29, 0.717) is 25.2 Å². The Balaban J connectivity index is 2.38. The average molecular weight is 296 g/mol. The summed E-state index contributed by atoms with van der Waals surface area (Å²) in [5.41, 5.74) is 0. The van der Waals surface area contributed by atoms with Gasteiger partial charge in [0.05, 0.1) is 12.7 Å². The van der Waals surface area contributed by atoms with E-state index in [1.165, 1.54) is 31.2 Å². The first-order valence-corrected chi connectivity index (χ1v) is 6.99. The van der Waals surface area contributed by atoms with Crippen molar-refractivity contribution in [1.82, 2.24) is 0 Å². The van der Waals surface area contributed by atoms with Crippen LogP contribution in [0.5, 0.6) is 5.75 Å². The van der Waals surface area contributed by atoms with Gasteiger partial charge in [0.15, 0.2) is 0 Å². The molecule has 1 unspecified atom stereocenters. The van der Waals surface area contributed by atoms with Gasteiger partial charge in [-0.15, -0.1) is 0 Å². The van der Waals surface area contributed by atoms with Crippen molar-refractivity contribution in [2.45, 2.75) is 39.7 Å². The number of esters is 1. The lowest BCUT2D eigenvalue weighted by Gasteiger charge is -2.15. The van der Waals surface area contributed by atoms with Crippen molar-refractivity contribution in [2.24, 2.45) is 5.92 Å². The number of halogens is 1. The predicted molar refractivity (Wildman–Crippen MR) is 76.5 cm³/mol. The molecule has 0 N–H and O–H groups in total. The molecule has 0 aromatic heterocycles. The van der Waals surface area contributed by atoms with Crippen LogP contribution < -0.4 is 4.74 Å². The third-order valence-electron chi connectivity index (χ3n) is 2.85. The third-order valence-corrected chi connectivity index (χ3v) is 2.85. The molecule has 0 aliphatic carbocycles. The first-order chi connectivity index (χ1) is 9.90. The standard InChI is InChI=1S/C16H21FO4/c1-11(2)21-16(19)15(12(3)18)5-4-10-20-14-8-6-13(17)7-9-14/h6-9,11,15H,4-5,10H2,1-3H3. The molecule has 1 aromatic carbocycles. The topological polar surface area (TPSA) is 52.6 Å². The number of Topliss-reactive ketones (excluding diaryl/α,β-unsaturated/α-hetero) is 1. The summed E-state index contributed by atoms with van der Waals surface area (Å²) >= 11 is 0. The van der Waals surface area contributed by atoms with E-state index >= 15 is 0 Å². The van der Waals surface area contributed by atoms with E-state index in [0.717, 1.165) is 0 Å². The summed E-state index contributed by atoms with van der Waals surface area (Å²) in [6.45, 7) is 5.22. The fourth-order valence-corrected chi connectivity index (χ4v) is 1.81. The molecule has 0 bridgehead atoms. The number of carbonyl (C=O) groups is 2. The van der Waals surface area contributed by atoms with Gasteiger partial charge < -0.3 is 9.47 Å². The summed E-state index contributed by atoms with van der Waals surface area (Å²) in [5, 5.41) is 0. The van der Waals surface area contributed by atoms with Crippen LogP contribution in [0, 0.1) is 11.7 Å². The number of ether oxygens (including phenoxy) is 2. The SMILES string of the molecule is CC(=O)C(CCCOc1ccc(F)cc1)C(=O)OC(C)C. The monoisotopic (exact) mass is 296 g/mol. The van der Waals surface area contributed by atoms with E-state index < -0.39 is 11.9 Å². The average Bonchev–Trinajstić information content (AvgIpc) is 2.39. The van der Waals surface area contributed by atoms with Crippen LogP contribution in [0.15, 0.2) is 24.3 Å². The normalized spacial score (nSPS) is 12.0. The van der Waals surface area contributed by atoms with Crippen LogP contribution in [0.1, 0.15) is 33.6 Å². The molecule has 1 aromatic rings. The minimum Gasteiger partial charge on any atom is -0.494 e. The summed E-state index contributed by atoms with van der Waals surface area (Å²) < 4.78 is 23.2. The third kappa shape index (κ3) is 6.38. The van der Waals surface area contributed by atoms with Crippen LogP contribution in [-0.2, 0) is 14.3 Å². The molecule has 0 heterocycles. The van der Waals surface area contributed by atoms with Gasteiger partial charge >= 0.3 is 5.97 Å². The van der Waals surface area contributed by atoms with E-state index in [9.17, 15) is 14.0 Å². The minimum atomic E-state index is -0.746. The molecule has 4 nitrogen and oxygen atoms in total. The van der Waals surface area contributed by atoms with Crippen LogP contribution in [0.25, 0.3) is 0 Å². The van der Waals surface area contributed by atoms with Gasteiger partial charge in [-0.25, -0.2) is 4.39 Å². The van der Waals surface area contributed by atoms with Gasteiger partial charge in [-0.2, -0.15) is 0 Å². The highest BCUT2D eigenvalue weighted by molar-refractivity contribution is 5.97. The highest BCUT2D eigenvalue weighted by atomic mass is 19.1. The molecule has 0 saturated carbocycles. The van der Waals surface area contributed by atoms with E-state index in [4.69, 9.17) is 9.47 Å². The zero-order valence-electron chi connectivity index (χ0n) is 12.6. The second-order valence-corrected chi connectivity index (χ2v) is 5.09. The Labute approximate surface area is 124 Å². The molecule has 0 saturated heterocycles. The van der Waals surface area contributed by atoms with Crippen LogP contribution in [0.3, 0.4) is 0 Å². The van der Waals surface area contributed by atoms with Gasteiger partial charge in [-0.05, 0) is 57.9 Å². The lowest BCUT2D eigenvalue weighted by atomic mass is 9.99. The van der Waals surface area contributed by atoms with Gasteiger partial charge in [-0.1, -0.05) is 0 Å². The molecule has 21 heavy (non-hydrogen) atoms. The van der Waals surface area contributed by atoms with Crippen molar-refractivity contribution in [3.63, 3.8) is 0 Å². The van der Waals surface area contributed by atoms with Crippen molar-refractivity contribution in [1.29, 1.82) is 0 Å². The van der Waals surface area contributed by atoms with Gasteiger partial charge in [0.25, 0.3) is 0 Å². The summed E-state index contributed by atoms with van der Waals surface area (Å²) in [6, 6.07) is 5.69. The Morgan fingerprint density at radius 1 is 1.19 bits per heavy atom. The second-order valence-electron chi connectivity index (χ2n) is 5.09. The molecule has 1 rings (SSSR count). The Morgan fingerprint density at radius 2 is 1.81 bits per heavy atom. The van der Waals surface area contributed by atoms with E-state index in [1.54, 1.807) is 13.8 Å². The Morgan fingerprint density at radius 3 is 2.33 bits per heavy atom. The fraction of sp³-hybridized carbons (Fsp3) is 0.500. The van der Waals surface area contributed by atoms with Crippen LogP contribution in [0.4, 0.5) is 4.39 Å². The lowest BCUT2D eigenvalue weighted by molar-refractivity contribution is -0.155. The zero-order valence-corrected chi connectivity index (χ0v) is 12.6. The van der Waals surface area contributed by atoms with E-state index in [-0.39, 0.29) is 17.7 Å². The van der Waals surface area contributed by atoms with Gasteiger partial charge in [0.1, 0.15) is 23.3 Å². The molecule has 0 amide bonds. The first-order valence-electron chi connectivity index (χ1n) is 6.99. The van der Waals surface area contributed by atoms with Crippen molar-refractivity contribution < 1.29 is 23.5 Å². The quantitative estimate of drug-likeness (QED) is 0.420. The molecule has 1 atom stereocenters. The number of ketones is 1. The number of hydrogen-bond acceptors (Lipinski definition) is 4. The summed E-state index contributed by atoms with van der Waals surface area (Å²) in [7, 11) is 0. The summed E-state index contributed by atoms with van der Waals surface area (Å²) in [5.74, 6) is -1.21. The van der Waals surface area contributed by atoms with Crippen molar-refractivity contribution in [3.05, 3.63) is 30.1 Å². The van der Waals surface area contributed by atoms with E-state index in [1.807, 2.05) is 0 Å². The molecule has 0 radical (unpaired) electrons. The molecular formula is C16H21FO4. The van der Waals surface area contributed by atoms with Crippen LogP contribution in [0.2, 0.25) is 0 Å². The first kappa shape index (κ1) is 17.1. The fourth-order valence-electron chi connectivity index (χ4n) is 1.81. The predicted octanol–water partition coefficient (Wildman–Crippen LogP) is 3.14. The number of hydrogen-bond donors (Lipinski definition) is 0. The van der Waals surface area contributed by atoms with Gasteiger partial charge in [0, 0.05) is 0 Å². The van der Waals surface area contributed by atoms with E-state index in [2.05, 4.69) is 0 Å². The Hall–Kier alpha value is -1.91. The Kier molecular flexibility index (Phi) is 6.85. The van der Waals surface area contributed by atoms with Crippen molar-refractivity contribution in [3.8, 4) is 5.75 Å². The summed E-state index contributed by atoms with van der Waals surface area (Å²) in [6.07, 6.45) is 0.673. The maximum Gasteiger partial charge on any atom is 0.316 e. The maximum absolute atomic E-state index is 12.7. The molecule has 5 heteroatoms. The largest absolute Gasteiger partial charge is 0.494 e. The molecule has 0 spiro atoms. The van der Waals surface area contributed by atoms with Gasteiger partial charge in [-0.3, -0.25) is 9.59 Å². The molecule has 0 fully saturated rings. The smallest absolute Gasteiger partial charge is 0.316 e. The molecular weight excluding hydrogens is 275 g/mol. The maximum atomic E-state index is 12.7. The number of rotatable bonds is 8. The highest BCUT2D eigenvalue weighted by Crippen LogP contribution is 2.14. The van der Waals surface area contributed by atoms with Crippen molar-refractivity contribution in [2.75, 3.05) is 6.61 Å². The minimum absolute atomic E-state index is 0.206. The molecule has 0 aliphatic heterocycles. The summed E-state index contributed by atoms with van der Waals surface area (Å²) in [4.78, 5) is 23.3. The molecule has 0 aliphatic rings. The van der Waals surface area contributed by atoms with Crippen molar-refractivity contribution >= 4 is 11.8 Å². The number of benzene rings is 1.